The molecule has 0 unspecified atom stereocenters. The van der Waals surface area contributed by atoms with Crippen LogP contribution >= 0.6 is 0 Å². The summed E-state index contributed by atoms with van der Waals surface area (Å²) in [6, 6.07) is 18.1. The van der Waals surface area contributed by atoms with Crippen molar-refractivity contribution in [2.24, 2.45) is 0 Å². The molecule has 0 spiro atoms. The van der Waals surface area contributed by atoms with Crippen molar-refractivity contribution in [3.05, 3.63) is 60.3 Å². The van der Waals surface area contributed by atoms with Crippen LogP contribution in [0.25, 0.3) is 0 Å². The van der Waals surface area contributed by atoms with Crippen molar-refractivity contribution in [1.29, 1.82) is 0 Å². The van der Waals surface area contributed by atoms with Gasteiger partial charge < -0.3 is 20.3 Å². The highest BCUT2D eigenvalue weighted by atomic mass is 16.5. The molecule has 1 fully saturated rings. The summed E-state index contributed by atoms with van der Waals surface area (Å²) >= 11 is 0. The summed E-state index contributed by atoms with van der Waals surface area (Å²) in [6.07, 6.45) is 2.56. The van der Waals surface area contributed by atoms with Crippen LogP contribution in [0.15, 0.2) is 54.6 Å². The summed E-state index contributed by atoms with van der Waals surface area (Å²) in [6.45, 7) is 4.26. The maximum Gasteiger partial charge on any atom is 0.229 e. The van der Waals surface area contributed by atoms with Gasteiger partial charge in [-0.1, -0.05) is 0 Å². The molecule has 0 bridgehead atoms. The molecule has 0 amide bonds. The van der Waals surface area contributed by atoms with E-state index in [9.17, 15) is 0 Å². The van der Waals surface area contributed by atoms with E-state index in [1.165, 1.54) is 18.5 Å². The Morgan fingerprint density at radius 1 is 0.857 bits per heavy atom. The van der Waals surface area contributed by atoms with Gasteiger partial charge in [-0.3, -0.25) is 0 Å². The van der Waals surface area contributed by atoms with Crippen molar-refractivity contribution in [2.45, 2.75) is 19.8 Å². The lowest BCUT2D eigenvalue weighted by Crippen LogP contribution is -2.17. The summed E-state index contributed by atoms with van der Waals surface area (Å²) < 4.78 is 5.19. The first-order chi connectivity index (χ1) is 13.7. The molecular weight excluding hydrogens is 350 g/mol. The molecule has 0 saturated carbocycles. The first-order valence-corrected chi connectivity index (χ1v) is 9.58. The van der Waals surface area contributed by atoms with Crippen LogP contribution in [-0.2, 0) is 0 Å². The van der Waals surface area contributed by atoms with Gasteiger partial charge in [0.25, 0.3) is 0 Å². The third-order valence-electron chi connectivity index (χ3n) is 4.81. The molecule has 3 aromatic rings. The van der Waals surface area contributed by atoms with E-state index in [-0.39, 0.29) is 0 Å². The van der Waals surface area contributed by atoms with Gasteiger partial charge in [-0.2, -0.15) is 4.98 Å². The van der Waals surface area contributed by atoms with Crippen LogP contribution in [-0.4, -0.2) is 30.2 Å². The predicted molar refractivity (Wildman–Crippen MR) is 114 cm³/mol. The van der Waals surface area contributed by atoms with Crippen LogP contribution in [0.2, 0.25) is 0 Å². The van der Waals surface area contributed by atoms with Crippen LogP contribution in [0, 0.1) is 6.92 Å². The molecule has 0 aliphatic carbocycles. The molecule has 1 saturated heterocycles. The topological polar surface area (TPSA) is 62.3 Å². The highest BCUT2D eigenvalue weighted by Gasteiger charge is 2.12. The maximum absolute atomic E-state index is 5.19. The highest BCUT2D eigenvalue weighted by Crippen LogP contribution is 2.24. The Labute approximate surface area is 165 Å². The van der Waals surface area contributed by atoms with Gasteiger partial charge >= 0.3 is 0 Å². The molecular formula is C22H25N5O. The van der Waals surface area contributed by atoms with E-state index in [0.717, 1.165) is 41.7 Å². The van der Waals surface area contributed by atoms with E-state index in [1.807, 2.05) is 37.3 Å². The summed E-state index contributed by atoms with van der Waals surface area (Å²) in [5, 5.41) is 6.62. The van der Waals surface area contributed by atoms with Gasteiger partial charge in [-0.05, 0) is 68.3 Å². The molecule has 2 N–H and O–H groups in total. The van der Waals surface area contributed by atoms with E-state index in [1.54, 1.807) is 7.11 Å². The normalized spacial score (nSPS) is 13.4. The quantitative estimate of drug-likeness (QED) is 0.640. The lowest BCUT2D eigenvalue weighted by atomic mass is 10.2. The van der Waals surface area contributed by atoms with Gasteiger partial charge in [0, 0.05) is 41.9 Å². The number of methoxy groups -OCH3 is 1. The fourth-order valence-electron chi connectivity index (χ4n) is 3.37. The first kappa shape index (κ1) is 18.1. The van der Waals surface area contributed by atoms with E-state index in [2.05, 4.69) is 49.8 Å². The molecule has 0 atom stereocenters. The number of anilines is 5. The molecule has 2 aromatic carbocycles. The maximum atomic E-state index is 5.19. The highest BCUT2D eigenvalue weighted by molar-refractivity contribution is 5.63. The zero-order valence-electron chi connectivity index (χ0n) is 16.3. The van der Waals surface area contributed by atoms with Gasteiger partial charge in [0.1, 0.15) is 11.6 Å². The Balaban J connectivity index is 1.47. The standard InChI is InChI=1S/C22H25N5O/c1-16-15-21(24-17-5-9-19(10-6-17)27-13-3-4-14-27)26-22(23-16)25-18-7-11-20(28-2)12-8-18/h5-12,15H,3-4,13-14H2,1-2H3,(H2,23,24,25,26). The predicted octanol–water partition coefficient (Wildman–Crippen LogP) is 4.88. The monoisotopic (exact) mass is 375 g/mol. The number of hydrogen-bond acceptors (Lipinski definition) is 6. The second-order valence-corrected chi connectivity index (χ2v) is 6.94. The summed E-state index contributed by atoms with van der Waals surface area (Å²) in [5.74, 6) is 2.13. The van der Waals surface area contributed by atoms with E-state index < -0.39 is 0 Å². The zero-order valence-corrected chi connectivity index (χ0v) is 16.3. The number of ether oxygens (including phenoxy) is 1. The molecule has 1 aromatic heterocycles. The SMILES string of the molecule is COc1ccc(Nc2nc(C)cc(Nc3ccc(N4CCCC4)cc3)n2)cc1. The van der Waals surface area contributed by atoms with Crippen LogP contribution in [0.4, 0.5) is 28.8 Å². The van der Waals surface area contributed by atoms with Crippen LogP contribution < -0.4 is 20.3 Å². The molecule has 2 heterocycles. The van der Waals surface area contributed by atoms with Crippen molar-refractivity contribution in [3.8, 4) is 5.75 Å². The Hall–Kier alpha value is -3.28. The minimum absolute atomic E-state index is 0.557. The summed E-state index contributed by atoms with van der Waals surface area (Å²) in [7, 11) is 1.65. The summed E-state index contributed by atoms with van der Waals surface area (Å²) in [5.41, 5.74) is 4.09. The van der Waals surface area contributed by atoms with Crippen molar-refractivity contribution < 1.29 is 4.74 Å². The minimum atomic E-state index is 0.557. The van der Waals surface area contributed by atoms with E-state index in [0.29, 0.717) is 5.95 Å². The number of rotatable bonds is 6. The third kappa shape index (κ3) is 4.34. The van der Waals surface area contributed by atoms with Crippen molar-refractivity contribution in [3.63, 3.8) is 0 Å². The summed E-state index contributed by atoms with van der Waals surface area (Å²) in [4.78, 5) is 11.5. The van der Waals surface area contributed by atoms with Crippen LogP contribution in [0.3, 0.4) is 0 Å². The molecule has 1 aliphatic rings. The Morgan fingerprint density at radius 3 is 2.18 bits per heavy atom. The number of benzene rings is 2. The average molecular weight is 375 g/mol. The van der Waals surface area contributed by atoms with Gasteiger partial charge in [0.05, 0.1) is 7.11 Å². The fraction of sp³-hybridized carbons (Fsp3) is 0.273. The van der Waals surface area contributed by atoms with Gasteiger partial charge in [0.15, 0.2) is 0 Å². The fourth-order valence-corrected chi connectivity index (χ4v) is 3.37. The molecule has 0 radical (unpaired) electrons. The third-order valence-corrected chi connectivity index (χ3v) is 4.81. The Morgan fingerprint density at radius 2 is 1.50 bits per heavy atom. The van der Waals surface area contributed by atoms with Crippen molar-refractivity contribution in [1.82, 2.24) is 9.97 Å². The average Bonchev–Trinajstić information content (AvgIpc) is 3.23. The molecule has 4 rings (SSSR count). The van der Waals surface area contributed by atoms with E-state index in [4.69, 9.17) is 4.74 Å². The molecule has 28 heavy (non-hydrogen) atoms. The number of nitrogens with one attached hydrogen (secondary N) is 2. The van der Waals surface area contributed by atoms with Crippen molar-refractivity contribution >= 4 is 28.8 Å². The van der Waals surface area contributed by atoms with Crippen LogP contribution in [0.5, 0.6) is 5.75 Å². The number of aromatic nitrogens is 2. The van der Waals surface area contributed by atoms with Crippen LogP contribution in [0.1, 0.15) is 18.5 Å². The molecule has 6 nitrogen and oxygen atoms in total. The zero-order chi connectivity index (χ0) is 19.3. The molecule has 6 heteroatoms. The van der Waals surface area contributed by atoms with E-state index >= 15 is 0 Å². The van der Waals surface area contributed by atoms with Gasteiger partial charge in [-0.15, -0.1) is 0 Å². The van der Waals surface area contributed by atoms with Gasteiger partial charge in [0.2, 0.25) is 5.95 Å². The lowest BCUT2D eigenvalue weighted by Gasteiger charge is -2.18. The second kappa shape index (κ2) is 8.17. The number of nitrogens with zero attached hydrogens (tertiary/aromatic N) is 3. The van der Waals surface area contributed by atoms with Crippen molar-refractivity contribution in [2.75, 3.05) is 35.7 Å². The minimum Gasteiger partial charge on any atom is -0.497 e. The lowest BCUT2D eigenvalue weighted by molar-refractivity contribution is 0.415. The van der Waals surface area contributed by atoms with Gasteiger partial charge in [-0.25, -0.2) is 4.98 Å². The molecule has 144 valence electrons. The number of hydrogen-bond donors (Lipinski definition) is 2. The molecule has 1 aliphatic heterocycles. The Kier molecular flexibility index (Phi) is 5.28. The first-order valence-electron chi connectivity index (χ1n) is 9.58. The number of aryl methyl sites for hydroxylation is 1. The second-order valence-electron chi connectivity index (χ2n) is 6.94. The Bertz CT molecular complexity index is 919. The largest absolute Gasteiger partial charge is 0.497 e. The smallest absolute Gasteiger partial charge is 0.229 e.